The quantitative estimate of drug-likeness (QED) is 0.453. The Bertz CT molecular complexity index is 927. The zero-order valence-corrected chi connectivity index (χ0v) is 24.1. The zero-order valence-electron chi connectivity index (χ0n) is 24.1. The van der Waals surface area contributed by atoms with Gasteiger partial charge in [-0.3, -0.25) is 9.98 Å². The van der Waals surface area contributed by atoms with E-state index >= 15 is 0 Å². The van der Waals surface area contributed by atoms with Crippen LogP contribution in [0.4, 0.5) is 0 Å². The predicted octanol–water partition coefficient (Wildman–Crippen LogP) is 3.29. The fourth-order valence-corrected chi connectivity index (χ4v) is 5.07. The van der Waals surface area contributed by atoms with Crippen LogP contribution in [-0.2, 0) is 9.47 Å². The van der Waals surface area contributed by atoms with Crippen LogP contribution in [0.1, 0.15) is 25.7 Å². The van der Waals surface area contributed by atoms with Crippen molar-refractivity contribution in [2.75, 3.05) is 91.9 Å². The summed E-state index contributed by atoms with van der Waals surface area (Å²) >= 11 is 0. The summed E-state index contributed by atoms with van der Waals surface area (Å²) in [5.41, 5.74) is 4.30. The molecule has 0 amide bonds. The molecular formula is C32H48N6O2. The van der Waals surface area contributed by atoms with Crippen LogP contribution in [0.25, 0.3) is 0 Å². The van der Waals surface area contributed by atoms with Crippen molar-refractivity contribution in [2.45, 2.75) is 25.7 Å². The number of aliphatic imine (C=N–C) groups is 2. The summed E-state index contributed by atoms with van der Waals surface area (Å²) in [6.07, 6.45) is 25.1. The number of nitrogens with zero attached hydrogens (tertiary/aromatic N) is 4. The molecule has 2 bridgehead atoms. The second-order valence-electron chi connectivity index (χ2n) is 10.4. The SMILES string of the molecule is C1=CC=C2NCCCN3CCCN=C4C=CC=CC=C4NCCCN(CCCN=C2C=C1)CCOCCOCC3. The number of fused-ring (bicyclic) bond motifs is 11. The lowest BCUT2D eigenvalue weighted by Crippen LogP contribution is -2.34. The highest BCUT2D eigenvalue weighted by Gasteiger charge is 2.11. The van der Waals surface area contributed by atoms with Gasteiger partial charge in [-0.15, -0.1) is 0 Å². The molecule has 0 saturated carbocycles. The summed E-state index contributed by atoms with van der Waals surface area (Å²) in [5, 5.41) is 7.31. The van der Waals surface area contributed by atoms with E-state index in [1.54, 1.807) is 0 Å². The number of rotatable bonds is 0. The van der Waals surface area contributed by atoms with Gasteiger partial charge in [0.2, 0.25) is 0 Å². The Morgan fingerprint density at radius 2 is 1.00 bits per heavy atom. The molecular weight excluding hydrogens is 500 g/mol. The van der Waals surface area contributed by atoms with E-state index in [9.17, 15) is 0 Å². The molecule has 0 aromatic rings. The molecule has 0 radical (unpaired) electrons. The molecule has 4 rings (SSSR count). The second-order valence-corrected chi connectivity index (χ2v) is 10.4. The first-order chi connectivity index (χ1) is 19.9. The fraction of sp³-hybridized carbons (Fsp3) is 0.562. The van der Waals surface area contributed by atoms with Gasteiger partial charge < -0.3 is 29.9 Å². The third-order valence-electron chi connectivity index (χ3n) is 7.27. The van der Waals surface area contributed by atoms with Gasteiger partial charge in [0.05, 0.1) is 49.2 Å². The molecule has 218 valence electrons. The highest BCUT2D eigenvalue weighted by atomic mass is 16.5. The van der Waals surface area contributed by atoms with Crippen LogP contribution in [0.2, 0.25) is 0 Å². The largest absolute Gasteiger partial charge is 0.383 e. The Morgan fingerprint density at radius 3 is 1.50 bits per heavy atom. The van der Waals surface area contributed by atoms with E-state index < -0.39 is 0 Å². The minimum Gasteiger partial charge on any atom is -0.383 e. The average molecular weight is 549 g/mol. The van der Waals surface area contributed by atoms with Crippen molar-refractivity contribution in [2.24, 2.45) is 9.98 Å². The van der Waals surface area contributed by atoms with Gasteiger partial charge in [-0.05, 0) is 76.2 Å². The van der Waals surface area contributed by atoms with Crippen LogP contribution >= 0.6 is 0 Å². The molecule has 2 unspecified atom stereocenters. The van der Waals surface area contributed by atoms with E-state index in [1.807, 2.05) is 0 Å². The average Bonchev–Trinajstić information content (AvgIpc) is 3.33. The van der Waals surface area contributed by atoms with Gasteiger partial charge in [-0.2, -0.15) is 0 Å². The van der Waals surface area contributed by atoms with Crippen LogP contribution < -0.4 is 10.6 Å². The summed E-state index contributed by atoms with van der Waals surface area (Å²) in [6, 6.07) is 0. The van der Waals surface area contributed by atoms with E-state index in [0.29, 0.717) is 13.2 Å². The smallest absolute Gasteiger partial charge is 0.0805 e. The normalized spacial score (nSPS) is 26.6. The molecule has 8 nitrogen and oxygen atoms in total. The number of hydrogen-bond donors (Lipinski definition) is 2. The molecule has 2 aliphatic heterocycles. The van der Waals surface area contributed by atoms with Crippen molar-refractivity contribution in [3.05, 3.63) is 72.2 Å². The van der Waals surface area contributed by atoms with Crippen molar-refractivity contribution in [1.29, 1.82) is 0 Å². The van der Waals surface area contributed by atoms with E-state index in [2.05, 4.69) is 81.2 Å². The second kappa shape index (κ2) is 18.5. The molecule has 8 heteroatoms. The summed E-state index contributed by atoms with van der Waals surface area (Å²) in [6.45, 7) is 12.0. The zero-order chi connectivity index (χ0) is 27.5. The lowest BCUT2D eigenvalue weighted by Gasteiger charge is -2.24. The summed E-state index contributed by atoms with van der Waals surface area (Å²) in [4.78, 5) is 15.0. The lowest BCUT2D eigenvalue weighted by molar-refractivity contribution is 0.0309. The van der Waals surface area contributed by atoms with Gasteiger partial charge in [0, 0.05) is 39.3 Å². The monoisotopic (exact) mass is 548 g/mol. The van der Waals surface area contributed by atoms with Crippen LogP contribution in [0.15, 0.2) is 82.1 Å². The van der Waals surface area contributed by atoms with E-state index in [-0.39, 0.29) is 0 Å². The molecule has 40 heavy (non-hydrogen) atoms. The van der Waals surface area contributed by atoms with Crippen molar-refractivity contribution >= 4 is 11.4 Å². The van der Waals surface area contributed by atoms with Crippen LogP contribution in [-0.4, -0.2) is 113 Å². The molecule has 0 fully saturated rings. The van der Waals surface area contributed by atoms with Crippen LogP contribution in [0.3, 0.4) is 0 Å². The molecule has 2 heterocycles. The predicted molar refractivity (Wildman–Crippen MR) is 166 cm³/mol. The van der Waals surface area contributed by atoms with Crippen LogP contribution in [0, 0.1) is 0 Å². The molecule has 0 spiro atoms. The molecule has 0 saturated heterocycles. The van der Waals surface area contributed by atoms with Crippen molar-refractivity contribution < 1.29 is 9.47 Å². The Balaban J connectivity index is 1.49. The minimum absolute atomic E-state index is 0.648. The van der Waals surface area contributed by atoms with Gasteiger partial charge in [0.1, 0.15) is 0 Å². The molecule has 2 aliphatic carbocycles. The number of allylic oxidation sites excluding steroid dienone is 10. The molecule has 0 aromatic heterocycles. The summed E-state index contributed by atoms with van der Waals surface area (Å²) in [5.74, 6) is 0. The first-order valence-corrected chi connectivity index (χ1v) is 15.2. The topological polar surface area (TPSA) is 73.7 Å². The fourth-order valence-electron chi connectivity index (χ4n) is 5.07. The highest BCUT2D eigenvalue weighted by molar-refractivity contribution is 6.09. The molecule has 4 aliphatic rings. The third-order valence-corrected chi connectivity index (χ3v) is 7.27. The van der Waals surface area contributed by atoms with Crippen molar-refractivity contribution in [1.82, 2.24) is 20.4 Å². The van der Waals surface area contributed by atoms with E-state index in [1.165, 1.54) is 0 Å². The highest BCUT2D eigenvalue weighted by Crippen LogP contribution is 2.07. The number of nitrogens with one attached hydrogen (secondary N) is 2. The molecule has 0 aromatic carbocycles. The van der Waals surface area contributed by atoms with Gasteiger partial charge in [0.25, 0.3) is 0 Å². The Morgan fingerprint density at radius 1 is 0.525 bits per heavy atom. The van der Waals surface area contributed by atoms with Crippen molar-refractivity contribution in [3.63, 3.8) is 0 Å². The Labute approximate surface area is 241 Å². The number of ether oxygens (including phenoxy) is 2. The van der Waals surface area contributed by atoms with E-state index in [4.69, 9.17) is 19.5 Å². The van der Waals surface area contributed by atoms with Crippen LogP contribution in [0.5, 0.6) is 0 Å². The third kappa shape index (κ3) is 11.4. The first-order valence-electron chi connectivity index (χ1n) is 15.2. The van der Waals surface area contributed by atoms with E-state index in [0.717, 1.165) is 127 Å². The Kier molecular flexibility index (Phi) is 14.0. The van der Waals surface area contributed by atoms with Gasteiger partial charge in [-0.25, -0.2) is 0 Å². The maximum atomic E-state index is 5.95. The lowest BCUT2D eigenvalue weighted by atomic mass is 10.2. The molecule has 2 atom stereocenters. The van der Waals surface area contributed by atoms with Crippen molar-refractivity contribution in [3.8, 4) is 0 Å². The standard InChI is InChI=1S/C32H48N6O2/c1-3-11-29-30(12-4-1)34-16-8-20-38-22-10-18-36-32-14-6-2-5-13-31(32)35-17-9-21-37(19-7-15-33-29)23-25-39-27-28-40-26-24-38/h1-6,11-14,33,36H,7-10,15-28H2. The maximum absolute atomic E-state index is 5.95. The maximum Gasteiger partial charge on any atom is 0.0805 e. The molecule has 2 N–H and O–H groups in total. The van der Waals surface area contributed by atoms with Gasteiger partial charge in [0.15, 0.2) is 0 Å². The summed E-state index contributed by atoms with van der Waals surface area (Å²) < 4.78 is 11.9. The first kappa shape index (κ1) is 30.2. The minimum atomic E-state index is 0.648. The number of hydrogen-bond acceptors (Lipinski definition) is 8. The van der Waals surface area contributed by atoms with Gasteiger partial charge in [-0.1, -0.05) is 36.5 Å². The summed E-state index contributed by atoms with van der Waals surface area (Å²) in [7, 11) is 0. The Hall–Kier alpha value is -2.78. The van der Waals surface area contributed by atoms with Gasteiger partial charge >= 0.3 is 0 Å².